The average molecular weight is 281 g/mol. The minimum Gasteiger partial charge on any atom is -0.0884 e. The number of alkyl halides is 1. The van der Waals surface area contributed by atoms with Crippen LogP contribution in [0.4, 0.5) is 0 Å². The number of hydrogen-bond donors (Lipinski definition) is 0. The van der Waals surface area contributed by atoms with E-state index in [9.17, 15) is 0 Å². The smallest absolute Gasteiger partial charge is 0.0214 e. The molecule has 1 saturated carbocycles. The van der Waals surface area contributed by atoms with Crippen LogP contribution in [0.15, 0.2) is 24.3 Å². The summed E-state index contributed by atoms with van der Waals surface area (Å²) in [7, 11) is 0. The lowest BCUT2D eigenvalue weighted by atomic mass is 9.85. The summed E-state index contributed by atoms with van der Waals surface area (Å²) in [5.41, 5.74) is 2.85. The summed E-state index contributed by atoms with van der Waals surface area (Å²) in [5.74, 6) is 0.897. The first-order chi connectivity index (χ1) is 7.75. The van der Waals surface area contributed by atoms with Crippen molar-refractivity contribution in [2.45, 2.75) is 50.3 Å². The van der Waals surface area contributed by atoms with E-state index >= 15 is 0 Å². The zero-order chi connectivity index (χ0) is 11.4. The lowest BCUT2D eigenvalue weighted by Crippen LogP contribution is -2.19. The maximum atomic E-state index is 3.90. The Balaban J connectivity index is 1.93. The molecule has 1 atom stereocenters. The largest absolute Gasteiger partial charge is 0.0884 e. The Morgan fingerprint density at radius 3 is 2.69 bits per heavy atom. The van der Waals surface area contributed by atoms with Crippen LogP contribution in [0.5, 0.6) is 0 Å². The second kappa shape index (κ2) is 5.86. The third-order valence-electron chi connectivity index (χ3n) is 3.67. The molecule has 1 aliphatic carbocycles. The van der Waals surface area contributed by atoms with Crippen molar-refractivity contribution >= 4 is 15.9 Å². The normalized spacial score (nSPS) is 19.6. The zero-order valence-electron chi connectivity index (χ0n) is 10.1. The summed E-state index contributed by atoms with van der Waals surface area (Å²) in [6, 6.07) is 8.92. The molecular weight excluding hydrogens is 260 g/mol. The van der Waals surface area contributed by atoms with Gasteiger partial charge in [0.2, 0.25) is 0 Å². The van der Waals surface area contributed by atoms with Gasteiger partial charge in [0.1, 0.15) is 0 Å². The minimum absolute atomic E-state index is 0.676. The first-order valence-corrected chi connectivity index (χ1v) is 7.37. The third-order valence-corrected chi connectivity index (χ3v) is 4.75. The van der Waals surface area contributed by atoms with Crippen LogP contribution in [0.2, 0.25) is 0 Å². The highest BCUT2D eigenvalue weighted by atomic mass is 79.9. The van der Waals surface area contributed by atoms with Gasteiger partial charge in [-0.25, -0.2) is 0 Å². The van der Waals surface area contributed by atoms with Crippen LogP contribution in [-0.4, -0.2) is 4.83 Å². The molecule has 0 saturated heterocycles. The zero-order valence-corrected chi connectivity index (χ0v) is 11.7. The fourth-order valence-corrected chi connectivity index (χ4v) is 3.63. The Hall–Kier alpha value is -0.300. The molecule has 1 fully saturated rings. The molecule has 16 heavy (non-hydrogen) atoms. The first-order valence-electron chi connectivity index (χ1n) is 6.45. The monoisotopic (exact) mass is 280 g/mol. The van der Waals surface area contributed by atoms with Crippen molar-refractivity contribution in [1.82, 2.24) is 0 Å². The molecule has 1 aromatic rings. The number of benzene rings is 1. The number of hydrogen-bond acceptors (Lipinski definition) is 0. The van der Waals surface area contributed by atoms with Crippen LogP contribution in [-0.2, 0) is 6.42 Å². The summed E-state index contributed by atoms with van der Waals surface area (Å²) in [4.78, 5) is 0.676. The molecule has 0 nitrogen and oxygen atoms in total. The summed E-state index contributed by atoms with van der Waals surface area (Å²) < 4.78 is 0. The predicted molar refractivity (Wildman–Crippen MR) is 74.2 cm³/mol. The Kier molecular flexibility index (Phi) is 4.45. The van der Waals surface area contributed by atoms with E-state index in [1.807, 2.05) is 0 Å². The van der Waals surface area contributed by atoms with E-state index in [0.717, 1.165) is 5.92 Å². The SMILES string of the molecule is Cc1cccc(CC(Br)C2CCCCC2)c1. The van der Waals surface area contributed by atoms with E-state index in [4.69, 9.17) is 0 Å². The highest BCUT2D eigenvalue weighted by Gasteiger charge is 2.21. The van der Waals surface area contributed by atoms with Crippen molar-refractivity contribution in [3.63, 3.8) is 0 Å². The molecule has 0 spiro atoms. The molecule has 1 aliphatic rings. The Bertz CT molecular complexity index is 326. The maximum Gasteiger partial charge on any atom is 0.0214 e. The summed E-state index contributed by atoms with van der Waals surface area (Å²) in [5, 5.41) is 0. The second-order valence-electron chi connectivity index (χ2n) is 5.11. The van der Waals surface area contributed by atoms with Gasteiger partial charge in [0.15, 0.2) is 0 Å². The van der Waals surface area contributed by atoms with Crippen molar-refractivity contribution in [3.05, 3.63) is 35.4 Å². The van der Waals surface area contributed by atoms with Crippen molar-refractivity contribution in [2.75, 3.05) is 0 Å². The molecule has 0 radical (unpaired) electrons. The number of halogens is 1. The van der Waals surface area contributed by atoms with Gasteiger partial charge in [-0.15, -0.1) is 0 Å². The van der Waals surface area contributed by atoms with Gasteiger partial charge >= 0.3 is 0 Å². The van der Waals surface area contributed by atoms with Crippen molar-refractivity contribution in [3.8, 4) is 0 Å². The quantitative estimate of drug-likeness (QED) is 0.692. The Morgan fingerprint density at radius 2 is 2.00 bits per heavy atom. The van der Waals surface area contributed by atoms with Crippen LogP contribution in [0.3, 0.4) is 0 Å². The van der Waals surface area contributed by atoms with Gasteiger partial charge in [0.25, 0.3) is 0 Å². The lowest BCUT2D eigenvalue weighted by Gasteiger charge is -2.26. The van der Waals surface area contributed by atoms with Crippen molar-refractivity contribution in [2.24, 2.45) is 5.92 Å². The molecular formula is C15H21Br. The van der Waals surface area contributed by atoms with Gasteiger partial charge in [0, 0.05) is 4.83 Å². The van der Waals surface area contributed by atoms with Crippen LogP contribution < -0.4 is 0 Å². The second-order valence-corrected chi connectivity index (χ2v) is 6.28. The van der Waals surface area contributed by atoms with Gasteiger partial charge in [0.05, 0.1) is 0 Å². The highest BCUT2D eigenvalue weighted by Crippen LogP contribution is 2.31. The van der Waals surface area contributed by atoms with E-state index < -0.39 is 0 Å². The summed E-state index contributed by atoms with van der Waals surface area (Å²) >= 11 is 3.90. The van der Waals surface area contributed by atoms with Gasteiger partial charge < -0.3 is 0 Å². The molecule has 0 aromatic heterocycles. The fraction of sp³-hybridized carbons (Fsp3) is 0.600. The molecule has 1 aromatic carbocycles. The van der Waals surface area contributed by atoms with Crippen molar-refractivity contribution in [1.29, 1.82) is 0 Å². The summed E-state index contributed by atoms with van der Waals surface area (Å²) in [6.45, 7) is 2.17. The van der Waals surface area contributed by atoms with E-state index in [2.05, 4.69) is 47.1 Å². The molecule has 1 heteroatoms. The molecule has 0 aliphatic heterocycles. The molecule has 0 amide bonds. The van der Waals surface area contributed by atoms with E-state index in [1.54, 1.807) is 0 Å². The lowest BCUT2D eigenvalue weighted by molar-refractivity contribution is 0.350. The highest BCUT2D eigenvalue weighted by molar-refractivity contribution is 9.09. The van der Waals surface area contributed by atoms with Crippen LogP contribution >= 0.6 is 15.9 Å². The molecule has 88 valence electrons. The van der Waals surface area contributed by atoms with Gasteiger partial charge in [-0.1, -0.05) is 65.0 Å². The summed E-state index contributed by atoms with van der Waals surface area (Å²) in [6.07, 6.45) is 8.33. The van der Waals surface area contributed by atoms with Crippen LogP contribution in [0.25, 0.3) is 0 Å². The van der Waals surface area contributed by atoms with Crippen LogP contribution in [0.1, 0.15) is 43.2 Å². The van der Waals surface area contributed by atoms with Gasteiger partial charge in [-0.05, 0) is 37.7 Å². The minimum atomic E-state index is 0.676. The molecule has 0 N–H and O–H groups in total. The van der Waals surface area contributed by atoms with E-state index in [-0.39, 0.29) is 0 Å². The standard InChI is InChI=1S/C15H21Br/c1-12-6-5-7-13(10-12)11-15(16)14-8-3-2-4-9-14/h5-7,10,14-15H,2-4,8-9,11H2,1H3. The van der Waals surface area contributed by atoms with E-state index in [1.165, 1.54) is 49.7 Å². The fourth-order valence-electron chi connectivity index (χ4n) is 2.73. The first kappa shape index (κ1) is 12.2. The number of rotatable bonds is 3. The Morgan fingerprint density at radius 1 is 1.25 bits per heavy atom. The predicted octanol–water partition coefficient (Wildman–Crippen LogP) is 4.88. The van der Waals surface area contributed by atoms with Gasteiger partial charge in [-0.3, -0.25) is 0 Å². The van der Waals surface area contributed by atoms with Crippen molar-refractivity contribution < 1.29 is 0 Å². The third kappa shape index (κ3) is 3.35. The average Bonchev–Trinajstić information content (AvgIpc) is 2.30. The molecule has 2 rings (SSSR count). The number of aryl methyl sites for hydroxylation is 1. The maximum absolute atomic E-state index is 3.90. The topological polar surface area (TPSA) is 0 Å². The van der Waals surface area contributed by atoms with Crippen LogP contribution in [0, 0.1) is 12.8 Å². The Labute approximate surface area is 108 Å². The van der Waals surface area contributed by atoms with Gasteiger partial charge in [-0.2, -0.15) is 0 Å². The van der Waals surface area contributed by atoms with E-state index in [0.29, 0.717) is 4.83 Å². The molecule has 1 unspecified atom stereocenters. The molecule has 0 heterocycles. The molecule has 0 bridgehead atoms.